The number of hydrogen-bond acceptors (Lipinski definition) is 4. The number of fused-ring (bicyclic) bond motifs is 1. The van der Waals surface area contributed by atoms with Gasteiger partial charge in [0.25, 0.3) is 0 Å². The molecule has 4 rings (SSSR count). The van der Waals surface area contributed by atoms with Crippen LogP contribution in [0.3, 0.4) is 0 Å². The maximum Gasteiger partial charge on any atom is 0.203 e. The van der Waals surface area contributed by atoms with E-state index in [9.17, 15) is 0 Å². The average Bonchev–Trinajstić information content (AvgIpc) is 3.16. The monoisotopic (exact) mass is 394 g/mol. The number of hydrogen-bond donors (Lipinski definition) is 0. The van der Waals surface area contributed by atoms with Gasteiger partial charge in [-0.15, -0.1) is 0 Å². The molecule has 0 radical (unpaired) electrons. The fourth-order valence-corrected chi connectivity index (χ4v) is 3.53. The first-order valence-corrected chi connectivity index (χ1v) is 9.06. The second kappa shape index (κ2) is 7.44. The van der Waals surface area contributed by atoms with E-state index in [4.69, 9.17) is 25.8 Å². The molecule has 6 heteroatoms. The average molecular weight is 395 g/mol. The number of halogens is 1. The molecule has 0 aliphatic carbocycles. The number of aromatic nitrogens is 2. The molecule has 0 amide bonds. The molecule has 5 nitrogen and oxygen atoms in total. The molecular formula is C22H19ClN2O3. The quantitative estimate of drug-likeness (QED) is 0.456. The highest BCUT2D eigenvalue weighted by atomic mass is 35.5. The molecule has 0 atom stereocenters. The van der Waals surface area contributed by atoms with Crippen molar-refractivity contribution in [2.75, 3.05) is 21.3 Å². The highest BCUT2D eigenvalue weighted by Gasteiger charge is 2.16. The predicted molar refractivity (Wildman–Crippen MR) is 111 cm³/mol. The fourth-order valence-electron chi connectivity index (χ4n) is 3.28. The van der Waals surface area contributed by atoms with Gasteiger partial charge in [-0.1, -0.05) is 35.9 Å². The van der Waals surface area contributed by atoms with Gasteiger partial charge in [-0.05, 0) is 23.8 Å². The van der Waals surface area contributed by atoms with Gasteiger partial charge in [0.15, 0.2) is 11.5 Å². The van der Waals surface area contributed by atoms with Crippen LogP contribution in [-0.2, 0) is 0 Å². The second-order valence-electron chi connectivity index (χ2n) is 6.18. The SMILES string of the molecule is COc1cc(-n2cnc3ccc(-c4ccccc4Cl)cc32)cc(OC)c1OC. The van der Waals surface area contributed by atoms with Crippen molar-refractivity contribution >= 4 is 22.6 Å². The van der Waals surface area contributed by atoms with E-state index in [2.05, 4.69) is 11.1 Å². The van der Waals surface area contributed by atoms with Gasteiger partial charge in [0.1, 0.15) is 6.33 Å². The lowest BCUT2D eigenvalue weighted by atomic mass is 10.1. The molecule has 4 aromatic rings. The molecule has 0 bridgehead atoms. The van der Waals surface area contributed by atoms with E-state index >= 15 is 0 Å². The molecule has 0 saturated carbocycles. The normalized spacial score (nSPS) is 10.9. The Kier molecular flexibility index (Phi) is 4.84. The first-order valence-electron chi connectivity index (χ1n) is 8.68. The van der Waals surface area contributed by atoms with E-state index in [1.807, 2.05) is 53.1 Å². The number of imidazole rings is 1. The van der Waals surface area contributed by atoms with Crippen LogP contribution in [0.15, 0.2) is 60.9 Å². The molecule has 28 heavy (non-hydrogen) atoms. The van der Waals surface area contributed by atoms with E-state index in [1.54, 1.807) is 27.7 Å². The summed E-state index contributed by atoms with van der Waals surface area (Å²) in [5, 5.41) is 0.709. The third-order valence-electron chi connectivity index (χ3n) is 4.66. The number of nitrogens with zero attached hydrogens (tertiary/aromatic N) is 2. The molecule has 0 aliphatic rings. The van der Waals surface area contributed by atoms with Crippen LogP contribution in [-0.4, -0.2) is 30.9 Å². The summed E-state index contributed by atoms with van der Waals surface area (Å²) < 4.78 is 18.4. The van der Waals surface area contributed by atoms with E-state index in [1.165, 1.54) is 0 Å². The smallest absolute Gasteiger partial charge is 0.203 e. The number of methoxy groups -OCH3 is 3. The predicted octanol–water partition coefficient (Wildman–Crippen LogP) is 5.37. The Bertz CT molecular complexity index is 1130. The third kappa shape index (κ3) is 3.04. The van der Waals surface area contributed by atoms with Gasteiger partial charge in [-0.25, -0.2) is 4.98 Å². The summed E-state index contributed by atoms with van der Waals surface area (Å²) >= 11 is 6.38. The van der Waals surface area contributed by atoms with Crippen LogP contribution in [0.5, 0.6) is 17.2 Å². The Morgan fingerprint density at radius 1 is 0.857 bits per heavy atom. The summed E-state index contributed by atoms with van der Waals surface area (Å²) in [5.41, 5.74) is 4.68. The Hall–Kier alpha value is -3.18. The van der Waals surface area contributed by atoms with Crippen molar-refractivity contribution in [3.05, 3.63) is 65.9 Å². The summed E-state index contributed by atoms with van der Waals surface area (Å²) in [6.45, 7) is 0. The summed E-state index contributed by atoms with van der Waals surface area (Å²) in [6, 6.07) is 17.7. The Labute approximate surface area is 168 Å². The molecule has 142 valence electrons. The molecule has 0 spiro atoms. The number of benzene rings is 3. The van der Waals surface area contributed by atoms with E-state index in [0.29, 0.717) is 22.3 Å². The van der Waals surface area contributed by atoms with E-state index in [0.717, 1.165) is 27.8 Å². The van der Waals surface area contributed by atoms with E-state index in [-0.39, 0.29) is 0 Å². The van der Waals surface area contributed by atoms with Crippen LogP contribution in [0, 0.1) is 0 Å². The lowest BCUT2D eigenvalue weighted by molar-refractivity contribution is 0.324. The van der Waals surface area contributed by atoms with Gasteiger partial charge in [-0.3, -0.25) is 4.57 Å². The maximum atomic E-state index is 6.38. The molecule has 3 aromatic carbocycles. The van der Waals surface area contributed by atoms with Gasteiger partial charge in [0, 0.05) is 22.7 Å². The Morgan fingerprint density at radius 3 is 2.21 bits per heavy atom. The molecule has 0 saturated heterocycles. The minimum Gasteiger partial charge on any atom is -0.493 e. The van der Waals surface area contributed by atoms with Gasteiger partial charge in [0.2, 0.25) is 5.75 Å². The molecule has 1 heterocycles. The summed E-state index contributed by atoms with van der Waals surface area (Å²) in [4.78, 5) is 4.52. The van der Waals surface area contributed by atoms with Gasteiger partial charge in [0.05, 0.1) is 38.1 Å². The third-order valence-corrected chi connectivity index (χ3v) is 4.99. The topological polar surface area (TPSA) is 45.5 Å². The second-order valence-corrected chi connectivity index (χ2v) is 6.59. The van der Waals surface area contributed by atoms with Gasteiger partial charge in [-0.2, -0.15) is 0 Å². The van der Waals surface area contributed by atoms with Crippen molar-refractivity contribution in [1.29, 1.82) is 0 Å². The molecule has 1 aromatic heterocycles. The van der Waals surface area contributed by atoms with Crippen LogP contribution in [0.2, 0.25) is 5.02 Å². The Balaban J connectivity index is 1.90. The number of ether oxygens (including phenoxy) is 3. The zero-order valence-corrected chi connectivity index (χ0v) is 16.5. The van der Waals surface area contributed by atoms with Crippen molar-refractivity contribution in [1.82, 2.24) is 9.55 Å². The van der Waals surface area contributed by atoms with Gasteiger partial charge >= 0.3 is 0 Å². The minimum absolute atomic E-state index is 0.551. The largest absolute Gasteiger partial charge is 0.493 e. The van der Waals surface area contributed by atoms with Crippen LogP contribution in [0.1, 0.15) is 0 Å². The molecular weight excluding hydrogens is 376 g/mol. The Morgan fingerprint density at radius 2 is 1.57 bits per heavy atom. The summed E-state index contributed by atoms with van der Waals surface area (Å²) in [7, 11) is 4.79. The summed E-state index contributed by atoms with van der Waals surface area (Å²) in [5.74, 6) is 1.72. The zero-order valence-electron chi connectivity index (χ0n) is 15.8. The van der Waals surface area contributed by atoms with Crippen molar-refractivity contribution in [2.45, 2.75) is 0 Å². The number of rotatable bonds is 5. The lowest BCUT2D eigenvalue weighted by Crippen LogP contribution is -1.99. The lowest BCUT2D eigenvalue weighted by Gasteiger charge is -2.15. The molecule has 0 N–H and O–H groups in total. The minimum atomic E-state index is 0.551. The van der Waals surface area contributed by atoms with Crippen LogP contribution in [0.4, 0.5) is 0 Å². The van der Waals surface area contributed by atoms with Crippen molar-refractivity contribution < 1.29 is 14.2 Å². The first kappa shape index (κ1) is 18.2. The first-order chi connectivity index (χ1) is 13.7. The van der Waals surface area contributed by atoms with Crippen LogP contribution in [0.25, 0.3) is 27.8 Å². The van der Waals surface area contributed by atoms with Gasteiger partial charge < -0.3 is 14.2 Å². The van der Waals surface area contributed by atoms with Crippen LogP contribution < -0.4 is 14.2 Å². The maximum absolute atomic E-state index is 6.38. The van der Waals surface area contributed by atoms with Crippen LogP contribution >= 0.6 is 11.6 Å². The van der Waals surface area contributed by atoms with Crippen molar-refractivity contribution in [3.63, 3.8) is 0 Å². The van der Waals surface area contributed by atoms with E-state index < -0.39 is 0 Å². The zero-order chi connectivity index (χ0) is 19.7. The summed E-state index contributed by atoms with van der Waals surface area (Å²) in [6.07, 6.45) is 1.78. The standard InChI is InChI=1S/C22H19ClN2O3/c1-26-20-11-15(12-21(27-2)22(20)28-3)25-13-24-18-9-8-14(10-19(18)25)16-6-4-5-7-17(16)23/h4-13H,1-3H3. The molecule has 0 unspecified atom stereocenters. The van der Waals surface area contributed by atoms with Crippen molar-refractivity contribution in [2.24, 2.45) is 0 Å². The van der Waals surface area contributed by atoms with Crippen molar-refractivity contribution in [3.8, 4) is 34.1 Å². The molecule has 0 aliphatic heterocycles. The highest BCUT2D eigenvalue weighted by molar-refractivity contribution is 6.33. The molecule has 0 fully saturated rings. The highest BCUT2D eigenvalue weighted by Crippen LogP contribution is 2.40. The fraction of sp³-hybridized carbons (Fsp3) is 0.136.